The fourth-order valence-corrected chi connectivity index (χ4v) is 3.44. The topological polar surface area (TPSA) is 105 Å². The lowest BCUT2D eigenvalue weighted by molar-refractivity contribution is -0.123. The van der Waals surface area contributed by atoms with Gasteiger partial charge in [0.05, 0.1) is 13.2 Å². The van der Waals surface area contributed by atoms with Crippen molar-refractivity contribution in [1.29, 1.82) is 0 Å². The third kappa shape index (κ3) is 5.16. The fraction of sp³-hybridized carbons (Fsp3) is 0.217. The molecule has 3 N–H and O–H groups in total. The monoisotopic (exact) mass is 417 g/mol. The van der Waals surface area contributed by atoms with Crippen molar-refractivity contribution in [2.24, 2.45) is 0 Å². The smallest absolute Gasteiger partial charge is 0.255 e. The summed E-state index contributed by atoms with van der Waals surface area (Å²) in [5.41, 5.74) is 2.95. The second-order valence-corrected chi connectivity index (χ2v) is 7.22. The Morgan fingerprint density at radius 1 is 1.13 bits per heavy atom. The molecule has 4 rings (SSSR count). The van der Waals surface area contributed by atoms with E-state index in [9.17, 15) is 9.59 Å². The van der Waals surface area contributed by atoms with E-state index in [1.54, 1.807) is 43.6 Å². The Bertz CT molecular complexity index is 1080. The van der Waals surface area contributed by atoms with Crippen LogP contribution in [0.2, 0.25) is 0 Å². The molecule has 31 heavy (non-hydrogen) atoms. The second kappa shape index (κ2) is 9.25. The summed E-state index contributed by atoms with van der Waals surface area (Å²) in [5, 5.41) is 8.99. The van der Waals surface area contributed by atoms with E-state index >= 15 is 0 Å². The standard InChI is InChI=1S/C23H23N5O3/c1-31-21-12-13-24-23(28-21)26-17-10-8-15(9-11-17)22(30)25-18-5-2-4-16(14-18)19-6-3-7-20(29)27-19/h2,4-5,8-14,19H,3,6-7H2,1H3,(H,25,30)(H,27,29)(H,24,26,28). The highest BCUT2D eigenvalue weighted by Gasteiger charge is 2.20. The van der Waals surface area contributed by atoms with E-state index < -0.39 is 0 Å². The maximum atomic E-state index is 12.7. The zero-order chi connectivity index (χ0) is 21.6. The number of piperidine rings is 1. The molecule has 1 fully saturated rings. The second-order valence-electron chi connectivity index (χ2n) is 7.22. The van der Waals surface area contributed by atoms with Crippen molar-refractivity contribution in [1.82, 2.24) is 15.3 Å². The lowest BCUT2D eigenvalue weighted by Crippen LogP contribution is -2.32. The van der Waals surface area contributed by atoms with E-state index in [4.69, 9.17) is 4.74 Å². The average Bonchev–Trinajstić information content (AvgIpc) is 2.80. The van der Waals surface area contributed by atoms with Gasteiger partial charge in [0.1, 0.15) is 0 Å². The van der Waals surface area contributed by atoms with Crippen LogP contribution in [-0.2, 0) is 4.79 Å². The van der Waals surface area contributed by atoms with Crippen molar-refractivity contribution in [3.05, 3.63) is 71.9 Å². The zero-order valence-corrected chi connectivity index (χ0v) is 17.1. The Kier molecular flexibility index (Phi) is 6.07. The van der Waals surface area contributed by atoms with Crippen molar-refractivity contribution in [2.45, 2.75) is 25.3 Å². The molecule has 3 aromatic rings. The predicted octanol–water partition coefficient (Wildman–Crippen LogP) is 3.82. The first-order valence-electron chi connectivity index (χ1n) is 10.1. The van der Waals surface area contributed by atoms with E-state index in [-0.39, 0.29) is 17.9 Å². The quantitative estimate of drug-likeness (QED) is 0.563. The number of aromatic nitrogens is 2. The van der Waals surface area contributed by atoms with E-state index in [0.29, 0.717) is 29.5 Å². The first-order valence-corrected chi connectivity index (χ1v) is 10.1. The third-order valence-electron chi connectivity index (χ3n) is 5.02. The molecule has 2 heterocycles. The van der Waals surface area contributed by atoms with Crippen LogP contribution < -0.4 is 20.7 Å². The summed E-state index contributed by atoms with van der Waals surface area (Å²) in [6.07, 6.45) is 3.94. The minimum atomic E-state index is -0.214. The lowest BCUT2D eigenvalue weighted by atomic mass is 9.97. The number of methoxy groups -OCH3 is 1. The van der Waals surface area contributed by atoms with Crippen molar-refractivity contribution in [3.63, 3.8) is 0 Å². The van der Waals surface area contributed by atoms with Gasteiger partial charge in [-0.2, -0.15) is 4.98 Å². The normalized spacial score (nSPS) is 15.6. The summed E-state index contributed by atoms with van der Waals surface area (Å²) in [6, 6.07) is 16.3. The summed E-state index contributed by atoms with van der Waals surface area (Å²) >= 11 is 0. The first-order chi connectivity index (χ1) is 15.1. The number of carbonyl (C=O) groups is 2. The highest BCUT2D eigenvalue weighted by molar-refractivity contribution is 6.04. The molecule has 0 aliphatic carbocycles. The van der Waals surface area contributed by atoms with Crippen LogP contribution in [0, 0.1) is 0 Å². The molecule has 1 saturated heterocycles. The van der Waals surface area contributed by atoms with E-state index in [1.165, 1.54) is 0 Å². The lowest BCUT2D eigenvalue weighted by Gasteiger charge is -2.24. The van der Waals surface area contributed by atoms with E-state index in [0.717, 1.165) is 24.1 Å². The Balaban J connectivity index is 1.40. The molecule has 1 atom stereocenters. The molecule has 0 saturated carbocycles. The van der Waals surface area contributed by atoms with Gasteiger partial charge in [0, 0.05) is 35.6 Å². The number of nitrogens with one attached hydrogen (secondary N) is 3. The number of hydrogen-bond donors (Lipinski definition) is 3. The van der Waals surface area contributed by atoms with Crippen molar-refractivity contribution < 1.29 is 14.3 Å². The number of rotatable bonds is 6. The van der Waals surface area contributed by atoms with Gasteiger partial charge in [0.15, 0.2) is 0 Å². The number of anilines is 3. The van der Waals surface area contributed by atoms with Gasteiger partial charge in [-0.1, -0.05) is 12.1 Å². The maximum Gasteiger partial charge on any atom is 0.255 e. The molecule has 1 aliphatic heterocycles. The van der Waals surface area contributed by atoms with Gasteiger partial charge in [-0.25, -0.2) is 4.98 Å². The third-order valence-corrected chi connectivity index (χ3v) is 5.02. The Morgan fingerprint density at radius 2 is 1.97 bits per heavy atom. The van der Waals surface area contributed by atoms with Crippen LogP contribution >= 0.6 is 0 Å². The van der Waals surface area contributed by atoms with Gasteiger partial charge in [-0.15, -0.1) is 0 Å². The molecule has 8 heteroatoms. The number of ether oxygens (including phenoxy) is 1. The molecule has 0 radical (unpaired) electrons. The average molecular weight is 417 g/mol. The number of amides is 2. The molecule has 0 spiro atoms. The first kappa shape index (κ1) is 20.3. The highest BCUT2D eigenvalue weighted by Crippen LogP contribution is 2.25. The van der Waals surface area contributed by atoms with Crippen molar-refractivity contribution >= 4 is 29.1 Å². The molecular formula is C23H23N5O3. The molecule has 1 aliphatic rings. The van der Waals surface area contributed by atoms with E-state index in [1.807, 2.05) is 24.3 Å². The summed E-state index contributed by atoms with van der Waals surface area (Å²) in [7, 11) is 1.54. The fourth-order valence-electron chi connectivity index (χ4n) is 3.44. The Morgan fingerprint density at radius 3 is 2.74 bits per heavy atom. The van der Waals surface area contributed by atoms with Gasteiger partial charge >= 0.3 is 0 Å². The summed E-state index contributed by atoms with van der Waals surface area (Å²) in [4.78, 5) is 32.7. The predicted molar refractivity (Wildman–Crippen MR) is 117 cm³/mol. The van der Waals surface area contributed by atoms with Crippen LogP contribution in [0.5, 0.6) is 5.88 Å². The number of carbonyl (C=O) groups excluding carboxylic acids is 2. The van der Waals surface area contributed by atoms with Gasteiger partial charge in [-0.05, 0) is 54.8 Å². The van der Waals surface area contributed by atoms with Gasteiger partial charge in [0.25, 0.3) is 5.91 Å². The van der Waals surface area contributed by atoms with Crippen molar-refractivity contribution in [3.8, 4) is 5.88 Å². The van der Waals surface area contributed by atoms with Crippen LogP contribution in [0.3, 0.4) is 0 Å². The minimum absolute atomic E-state index is 0.0118. The van der Waals surface area contributed by atoms with Gasteiger partial charge in [-0.3, -0.25) is 9.59 Å². The minimum Gasteiger partial charge on any atom is -0.481 e. The molecule has 0 bridgehead atoms. The molecule has 1 unspecified atom stereocenters. The molecule has 1 aromatic heterocycles. The van der Waals surface area contributed by atoms with Crippen LogP contribution in [0.25, 0.3) is 0 Å². The number of hydrogen-bond acceptors (Lipinski definition) is 6. The van der Waals surface area contributed by atoms with Crippen LogP contribution in [0.1, 0.15) is 41.2 Å². The molecule has 8 nitrogen and oxygen atoms in total. The molecule has 2 amide bonds. The highest BCUT2D eigenvalue weighted by atomic mass is 16.5. The Labute approximate surface area is 180 Å². The Hall–Kier alpha value is -3.94. The summed E-state index contributed by atoms with van der Waals surface area (Å²) in [6.45, 7) is 0. The summed E-state index contributed by atoms with van der Waals surface area (Å²) in [5.74, 6) is 0.722. The van der Waals surface area contributed by atoms with Crippen LogP contribution in [0.4, 0.5) is 17.3 Å². The molecular weight excluding hydrogens is 394 g/mol. The SMILES string of the molecule is COc1ccnc(Nc2ccc(C(=O)Nc3cccc(C4CCCC(=O)N4)c3)cc2)n1. The van der Waals surface area contributed by atoms with E-state index in [2.05, 4.69) is 25.9 Å². The van der Waals surface area contributed by atoms with Crippen molar-refractivity contribution in [2.75, 3.05) is 17.7 Å². The van der Waals surface area contributed by atoms with Gasteiger partial charge < -0.3 is 20.7 Å². The summed E-state index contributed by atoms with van der Waals surface area (Å²) < 4.78 is 5.09. The number of benzene rings is 2. The molecule has 2 aromatic carbocycles. The molecule has 158 valence electrons. The van der Waals surface area contributed by atoms with Crippen LogP contribution in [0.15, 0.2) is 60.8 Å². The van der Waals surface area contributed by atoms with Crippen LogP contribution in [-0.4, -0.2) is 28.9 Å². The zero-order valence-electron chi connectivity index (χ0n) is 17.1. The maximum absolute atomic E-state index is 12.7. The largest absolute Gasteiger partial charge is 0.481 e. The van der Waals surface area contributed by atoms with Gasteiger partial charge in [0.2, 0.25) is 17.7 Å². The number of nitrogens with zero attached hydrogens (tertiary/aromatic N) is 2.